The molecular formula is C20H25FN2O4. The van der Waals surface area contributed by atoms with Crippen molar-refractivity contribution in [3.8, 4) is 5.75 Å². The second-order valence-electron chi connectivity index (χ2n) is 7.10. The van der Waals surface area contributed by atoms with Crippen molar-refractivity contribution >= 4 is 5.91 Å². The number of carbonyl (C=O) groups excluding carboxylic acids is 1. The van der Waals surface area contributed by atoms with Crippen LogP contribution in [0.25, 0.3) is 0 Å². The molecular weight excluding hydrogens is 351 g/mol. The average Bonchev–Trinajstić information content (AvgIpc) is 3.16. The number of amides is 1. The average molecular weight is 376 g/mol. The third kappa shape index (κ3) is 5.30. The molecule has 1 N–H and O–H groups in total. The third-order valence-electron chi connectivity index (χ3n) is 4.63. The van der Waals surface area contributed by atoms with Gasteiger partial charge in [-0.15, -0.1) is 0 Å². The van der Waals surface area contributed by atoms with Gasteiger partial charge in [0.2, 0.25) is 0 Å². The van der Waals surface area contributed by atoms with Crippen molar-refractivity contribution in [3.63, 3.8) is 0 Å². The minimum absolute atomic E-state index is 0.165. The molecule has 3 rings (SSSR count). The molecule has 27 heavy (non-hydrogen) atoms. The summed E-state index contributed by atoms with van der Waals surface area (Å²) in [7, 11) is 0. The number of furan rings is 1. The predicted molar refractivity (Wildman–Crippen MR) is 98.2 cm³/mol. The highest BCUT2D eigenvalue weighted by Crippen LogP contribution is 2.17. The van der Waals surface area contributed by atoms with Crippen LogP contribution < -0.4 is 10.1 Å². The first-order valence-corrected chi connectivity index (χ1v) is 9.02. The second kappa shape index (κ2) is 8.54. The van der Waals surface area contributed by atoms with Gasteiger partial charge in [-0.2, -0.15) is 0 Å². The lowest BCUT2D eigenvalue weighted by atomic mass is 10.0. The van der Waals surface area contributed by atoms with Crippen molar-refractivity contribution in [2.45, 2.75) is 26.0 Å². The summed E-state index contributed by atoms with van der Waals surface area (Å²) in [6, 6.07) is 9.06. The summed E-state index contributed by atoms with van der Waals surface area (Å²) in [5, 5.41) is 2.93. The molecule has 1 aliphatic rings. The van der Waals surface area contributed by atoms with Gasteiger partial charge >= 0.3 is 0 Å². The maximum atomic E-state index is 12.9. The summed E-state index contributed by atoms with van der Waals surface area (Å²) < 4.78 is 29.3. The Morgan fingerprint density at radius 1 is 1.19 bits per heavy atom. The van der Waals surface area contributed by atoms with E-state index in [0.29, 0.717) is 31.3 Å². The van der Waals surface area contributed by atoms with Gasteiger partial charge in [-0.3, -0.25) is 9.69 Å². The molecule has 0 saturated carbocycles. The molecule has 1 amide bonds. The van der Waals surface area contributed by atoms with Gasteiger partial charge in [-0.1, -0.05) is 0 Å². The topological polar surface area (TPSA) is 63.9 Å². The van der Waals surface area contributed by atoms with Crippen molar-refractivity contribution in [2.75, 3.05) is 32.8 Å². The smallest absolute Gasteiger partial charge is 0.287 e. The Labute approximate surface area is 158 Å². The van der Waals surface area contributed by atoms with Gasteiger partial charge in [0.15, 0.2) is 5.76 Å². The maximum Gasteiger partial charge on any atom is 0.287 e. The lowest BCUT2D eigenvalue weighted by Gasteiger charge is -2.40. The molecule has 0 atom stereocenters. The molecule has 2 heterocycles. The van der Waals surface area contributed by atoms with Crippen molar-refractivity contribution in [2.24, 2.45) is 0 Å². The van der Waals surface area contributed by atoms with Crippen LogP contribution in [-0.4, -0.2) is 49.2 Å². The quantitative estimate of drug-likeness (QED) is 0.805. The fraction of sp³-hybridized carbons (Fsp3) is 0.450. The Balaban J connectivity index is 1.49. The fourth-order valence-corrected chi connectivity index (χ4v) is 2.93. The van der Waals surface area contributed by atoms with E-state index in [-0.39, 0.29) is 29.6 Å². The molecule has 0 bridgehead atoms. The van der Waals surface area contributed by atoms with E-state index in [9.17, 15) is 9.18 Å². The van der Waals surface area contributed by atoms with Crippen molar-refractivity contribution in [3.05, 3.63) is 53.7 Å². The molecule has 146 valence electrons. The van der Waals surface area contributed by atoms with E-state index in [1.807, 2.05) is 0 Å². The Morgan fingerprint density at radius 2 is 1.89 bits per heavy atom. The summed E-state index contributed by atoms with van der Waals surface area (Å²) in [6.45, 7) is 8.01. The zero-order chi connectivity index (χ0) is 19.3. The number of nitrogens with one attached hydrogen (secondary N) is 1. The highest BCUT2D eigenvalue weighted by atomic mass is 19.1. The van der Waals surface area contributed by atoms with Crippen LogP contribution >= 0.6 is 0 Å². The normalized spacial score (nSPS) is 15.5. The molecule has 6 nitrogen and oxygen atoms in total. The largest absolute Gasteiger partial charge is 0.486 e. The number of hydrogen-bond donors (Lipinski definition) is 1. The summed E-state index contributed by atoms with van der Waals surface area (Å²) in [6.07, 6.45) is 0. The monoisotopic (exact) mass is 376 g/mol. The Hall–Kier alpha value is -2.38. The van der Waals surface area contributed by atoms with Crippen LogP contribution in [0.2, 0.25) is 0 Å². The van der Waals surface area contributed by atoms with E-state index in [1.165, 1.54) is 12.1 Å². The number of carbonyl (C=O) groups is 1. The summed E-state index contributed by atoms with van der Waals surface area (Å²) in [4.78, 5) is 14.7. The van der Waals surface area contributed by atoms with Gasteiger partial charge in [0.1, 0.15) is 23.9 Å². The summed E-state index contributed by atoms with van der Waals surface area (Å²) in [5.74, 6) is 0.720. The maximum absolute atomic E-state index is 12.9. The van der Waals surface area contributed by atoms with Gasteiger partial charge in [-0.05, 0) is 50.2 Å². The summed E-state index contributed by atoms with van der Waals surface area (Å²) >= 11 is 0. The van der Waals surface area contributed by atoms with E-state index in [4.69, 9.17) is 13.9 Å². The molecule has 0 spiro atoms. The standard InChI is InChI=1S/C20H25FN2O4/c1-20(2,23-9-11-25-12-10-23)14-22-19(24)18-8-7-17(27-18)13-26-16-5-3-15(21)4-6-16/h3-8H,9-14H2,1-2H3,(H,22,24). The van der Waals surface area contributed by atoms with E-state index in [0.717, 1.165) is 13.1 Å². The van der Waals surface area contributed by atoms with Gasteiger partial charge in [-0.25, -0.2) is 4.39 Å². The van der Waals surface area contributed by atoms with Crippen LogP contribution in [0.15, 0.2) is 40.8 Å². The molecule has 1 aliphatic heterocycles. The zero-order valence-corrected chi connectivity index (χ0v) is 15.7. The number of ether oxygens (including phenoxy) is 2. The number of rotatable bonds is 7. The lowest BCUT2D eigenvalue weighted by molar-refractivity contribution is -0.00930. The van der Waals surface area contributed by atoms with Crippen LogP contribution in [0.3, 0.4) is 0 Å². The lowest BCUT2D eigenvalue weighted by Crippen LogP contribution is -2.55. The number of hydrogen-bond acceptors (Lipinski definition) is 5. The van der Waals surface area contributed by atoms with Gasteiger partial charge in [0.05, 0.1) is 13.2 Å². The van der Waals surface area contributed by atoms with E-state index in [2.05, 4.69) is 24.1 Å². The summed E-state index contributed by atoms with van der Waals surface area (Å²) in [5.41, 5.74) is -0.166. The molecule has 2 aromatic rings. The predicted octanol–water partition coefficient (Wildman–Crippen LogP) is 2.84. The first-order valence-electron chi connectivity index (χ1n) is 9.02. The minimum atomic E-state index is -0.320. The number of nitrogens with zero attached hydrogens (tertiary/aromatic N) is 1. The van der Waals surface area contributed by atoms with Crippen LogP contribution in [0.4, 0.5) is 4.39 Å². The van der Waals surface area contributed by atoms with Crippen molar-refractivity contribution in [1.82, 2.24) is 10.2 Å². The molecule has 1 saturated heterocycles. The number of halogens is 1. The van der Waals surface area contributed by atoms with Crippen molar-refractivity contribution < 1.29 is 23.1 Å². The third-order valence-corrected chi connectivity index (χ3v) is 4.63. The fourth-order valence-electron chi connectivity index (χ4n) is 2.93. The van der Waals surface area contributed by atoms with Gasteiger partial charge in [0.25, 0.3) is 5.91 Å². The Kier molecular flexibility index (Phi) is 6.13. The SMILES string of the molecule is CC(C)(CNC(=O)c1ccc(COc2ccc(F)cc2)o1)N1CCOCC1. The first-order chi connectivity index (χ1) is 12.9. The van der Waals surface area contributed by atoms with Crippen LogP contribution in [0, 0.1) is 5.82 Å². The highest BCUT2D eigenvalue weighted by molar-refractivity contribution is 5.91. The zero-order valence-electron chi connectivity index (χ0n) is 15.7. The van der Waals surface area contributed by atoms with Gasteiger partial charge in [0, 0.05) is 25.2 Å². The molecule has 0 unspecified atom stereocenters. The number of morpholine rings is 1. The molecule has 1 aromatic carbocycles. The molecule has 0 radical (unpaired) electrons. The molecule has 1 aromatic heterocycles. The minimum Gasteiger partial charge on any atom is -0.486 e. The van der Waals surface area contributed by atoms with E-state index >= 15 is 0 Å². The molecule has 1 fully saturated rings. The first kappa shape index (κ1) is 19.4. The molecule has 7 heteroatoms. The van der Waals surface area contributed by atoms with Crippen LogP contribution in [0.5, 0.6) is 5.75 Å². The van der Waals surface area contributed by atoms with Crippen LogP contribution in [-0.2, 0) is 11.3 Å². The molecule has 0 aliphatic carbocycles. The second-order valence-corrected chi connectivity index (χ2v) is 7.10. The highest BCUT2D eigenvalue weighted by Gasteiger charge is 2.29. The number of benzene rings is 1. The Bertz CT molecular complexity index is 752. The van der Waals surface area contributed by atoms with E-state index < -0.39 is 0 Å². The van der Waals surface area contributed by atoms with Gasteiger partial charge < -0.3 is 19.2 Å². The van der Waals surface area contributed by atoms with E-state index in [1.54, 1.807) is 24.3 Å². The van der Waals surface area contributed by atoms with Crippen LogP contribution in [0.1, 0.15) is 30.2 Å². The van der Waals surface area contributed by atoms with Crippen molar-refractivity contribution in [1.29, 1.82) is 0 Å². The Morgan fingerprint density at radius 3 is 2.59 bits per heavy atom.